The Morgan fingerprint density at radius 1 is 1.05 bits per heavy atom. The molecular weight excluding hydrogens is 555 g/mol. The molecule has 7 rings (SSSR count). The van der Waals surface area contributed by atoms with Gasteiger partial charge in [-0.1, -0.05) is 30.4 Å². The van der Waals surface area contributed by atoms with Gasteiger partial charge in [0.05, 0.1) is 32.9 Å². The molecule has 2 aromatic heterocycles. The quantitative estimate of drug-likeness (QED) is 0.163. The van der Waals surface area contributed by atoms with Crippen LogP contribution in [0.25, 0.3) is 33.0 Å². The van der Waals surface area contributed by atoms with Crippen molar-refractivity contribution in [2.75, 3.05) is 42.9 Å². The molecule has 42 heavy (non-hydrogen) atoms. The number of hydrogen-bond donors (Lipinski definition) is 1. The van der Waals surface area contributed by atoms with Crippen LogP contribution >= 0.6 is 11.3 Å². The van der Waals surface area contributed by atoms with Crippen LogP contribution in [0.3, 0.4) is 0 Å². The Kier molecular flexibility index (Phi) is 6.79. The number of anilines is 3. The molecule has 1 saturated carbocycles. The van der Waals surface area contributed by atoms with Gasteiger partial charge >= 0.3 is 0 Å². The number of nitrogens with zero attached hydrogens (tertiary/aromatic N) is 7. The van der Waals surface area contributed by atoms with E-state index in [0.29, 0.717) is 21.7 Å². The van der Waals surface area contributed by atoms with Gasteiger partial charge in [-0.15, -0.1) is 10.2 Å². The second-order valence-corrected chi connectivity index (χ2v) is 11.6. The van der Waals surface area contributed by atoms with Crippen LogP contribution in [0.5, 0.6) is 0 Å². The molecule has 1 aliphatic carbocycles. The fourth-order valence-electron chi connectivity index (χ4n) is 5.61. The van der Waals surface area contributed by atoms with Crippen LogP contribution in [0.4, 0.5) is 26.6 Å². The SMILES string of the molecule is CCN1CCN(c2cc3c(cc2Nc2nnc(-c4ccccc4[N+](=O)[O-])s2)nc(-c2ccc(F)cc2)n3C2CC2)CC1. The van der Waals surface area contributed by atoms with Crippen LogP contribution in [0.15, 0.2) is 60.7 Å². The van der Waals surface area contributed by atoms with Gasteiger partial charge in [-0.3, -0.25) is 10.1 Å². The summed E-state index contributed by atoms with van der Waals surface area (Å²) >= 11 is 1.27. The van der Waals surface area contributed by atoms with E-state index in [0.717, 1.165) is 79.4 Å². The third-order valence-corrected chi connectivity index (χ3v) is 8.85. The van der Waals surface area contributed by atoms with E-state index in [4.69, 9.17) is 4.98 Å². The molecule has 1 aliphatic heterocycles. The van der Waals surface area contributed by atoms with E-state index in [1.54, 1.807) is 30.3 Å². The van der Waals surface area contributed by atoms with Gasteiger partial charge in [-0.05, 0) is 61.9 Å². The van der Waals surface area contributed by atoms with Gasteiger partial charge in [0.15, 0.2) is 5.01 Å². The molecule has 0 bridgehead atoms. The zero-order chi connectivity index (χ0) is 28.8. The predicted molar refractivity (Wildman–Crippen MR) is 163 cm³/mol. The van der Waals surface area contributed by atoms with E-state index < -0.39 is 4.92 Å². The van der Waals surface area contributed by atoms with E-state index in [9.17, 15) is 14.5 Å². The largest absolute Gasteiger partial charge is 0.367 e. The molecule has 3 heterocycles. The number of nitro groups is 1. The maximum atomic E-state index is 13.7. The Balaban J connectivity index is 1.31. The van der Waals surface area contributed by atoms with Crippen molar-refractivity contribution in [3.05, 3.63) is 76.6 Å². The molecule has 3 aromatic carbocycles. The maximum Gasteiger partial charge on any atom is 0.279 e. The fourth-order valence-corrected chi connectivity index (χ4v) is 6.40. The van der Waals surface area contributed by atoms with Crippen LogP contribution in [0.2, 0.25) is 0 Å². The summed E-state index contributed by atoms with van der Waals surface area (Å²) in [5, 5.41) is 24.7. The van der Waals surface area contributed by atoms with Crippen molar-refractivity contribution >= 4 is 44.6 Å². The molecule has 1 saturated heterocycles. The number of hydrogen-bond acceptors (Lipinski definition) is 9. The number of piperazine rings is 1. The molecule has 2 aliphatic rings. The first-order chi connectivity index (χ1) is 20.5. The van der Waals surface area contributed by atoms with E-state index in [2.05, 4.69) is 48.9 Å². The Hall–Kier alpha value is -4.42. The molecule has 0 spiro atoms. The minimum atomic E-state index is -0.402. The number of benzene rings is 3. The molecule has 0 radical (unpaired) electrons. The van der Waals surface area contributed by atoms with Gasteiger partial charge in [-0.2, -0.15) is 0 Å². The number of imidazole rings is 1. The van der Waals surface area contributed by atoms with Gasteiger partial charge in [0.2, 0.25) is 5.13 Å². The molecule has 10 nitrogen and oxygen atoms in total. The van der Waals surface area contributed by atoms with Crippen molar-refractivity contribution in [1.29, 1.82) is 0 Å². The number of aromatic nitrogens is 4. The average Bonchev–Trinajstić information content (AvgIpc) is 3.63. The maximum absolute atomic E-state index is 13.7. The first kappa shape index (κ1) is 26.5. The number of para-hydroxylation sites is 1. The van der Waals surface area contributed by atoms with Crippen LogP contribution < -0.4 is 10.2 Å². The number of fused-ring (bicyclic) bond motifs is 1. The van der Waals surface area contributed by atoms with Crippen LogP contribution in [-0.4, -0.2) is 62.3 Å². The van der Waals surface area contributed by atoms with E-state index in [1.807, 2.05) is 0 Å². The van der Waals surface area contributed by atoms with Crippen molar-refractivity contribution in [1.82, 2.24) is 24.6 Å². The lowest BCUT2D eigenvalue weighted by atomic mass is 10.2. The predicted octanol–water partition coefficient (Wildman–Crippen LogP) is 6.49. The highest BCUT2D eigenvalue weighted by Gasteiger charge is 2.30. The molecule has 12 heteroatoms. The molecular formula is C30H29FN8O2S. The lowest BCUT2D eigenvalue weighted by Gasteiger charge is -2.36. The number of nitrogens with one attached hydrogen (secondary N) is 1. The van der Waals surface area contributed by atoms with Gasteiger partial charge in [0.25, 0.3) is 5.69 Å². The van der Waals surface area contributed by atoms with Gasteiger partial charge in [-0.25, -0.2) is 9.37 Å². The number of rotatable bonds is 8. The summed E-state index contributed by atoms with van der Waals surface area (Å²) in [6.45, 7) is 6.91. The third kappa shape index (κ3) is 4.96. The number of nitro benzene ring substituents is 1. The fraction of sp³-hybridized carbons (Fsp3) is 0.300. The Bertz CT molecular complexity index is 1770. The molecule has 1 N–H and O–H groups in total. The zero-order valence-corrected chi connectivity index (χ0v) is 23.9. The summed E-state index contributed by atoms with van der Waals surface area (Å²) in [5.74, 6) is 0.561. The normalized spacial score (nSPS) is 15.8. The van der Waals surface area contributed by atoms with Crippen LogP contribution in [0, 0.1) is 15.9 Å². The minimum Gasteiger partial charge on any atom is -0.367 e. The minimum absolute atomic E-state index is 0.00459. The standard InChI is InChI=1S/C30H29FN8O2S/c1-2-36-13-15-37(16-14-36)26-18-27-24(32-28(38(27)21-11-12-21)19-7-9-20(31)10-8-19)17-23(26)33-30-35-34-29(42-30)22-5-3-4-6-25(22)39(40)41/h3-10,17-18,21H,2,11-16H2,1H3,(H,33,35). The van der Waals surface area contributed by atoms with Crippen molar-refractivity contribution in [2.24, 2.45) is 0 Å². The monoisotopic (exact) mass is 584 g/mol. The van der Waals surface area contributed by atoms with Crippen LogP contribution in [-0.2, 0) is 0 Å². The summed E-state index contributed by atoms with van der Waals surface area (Å²) in [5.41, 5.74) is 5.10. The second kappa shape index (κ2) is 10.8. The Labute approximate surface area is 245 Å². The third-order valence-electron chi connectivity index (χ3n) is 7.98. The summed E-state index contributed by atoms with van der Waals surface area (Å²) in [4.78, 5) is 21.1. The lowest BCUT2D eigenvalue weighted by Crippen LogP contribution is -2.46. The average molecular weight is 585 g/mol. The summed E-state index contributed by atoms with van der Waals surface area (Å²) < 4.78 is 16.0. The van der Waals surface area contributed by atoms with Crippen molar-refractivity contribution in [2.45, 2.75) is 25.8 Å². The summed E-state index contributed by atoms with van der Waals surface area (Å²) in [6, 6.07) is 17.7. The highest BCUT2D eigenvalue weighted by Crippen LogP contribution is 2.44. The smallest absolute Gasteiger partial charge is 0.279 e. The van der Waals surface area contributed by atoms with Crippen molar-refractivity contribution in [3.8, 4) is 22.0 Å². The molecule has 0 atom stereocenters. The topological polar surface area (TPSA) is 105 Å². The van der Waals surface area contributed by atoms with Gasteiger partial charge < -0.3 is 19.7 Å². The highest BCUT2D eigenvalue weighted by atomic mass is 32.1. The van der Waals surface area contributed by atoms with Crippen molar-refractivity contribution in [3.63, 3.8) is 0 Å². The van der Waals surface area contributed by atoms with E-state index >= 15 is 0 Å². The lowest BCUT2D eigenvalue weighted by molar-refractivity contribution is -0.384. The zero-order valence-electron chi connectivity index (χ0n) is 23.0. The summed E-state index contributed by atoms with van der Waals surface area (Å²) in [7, 11) is 0. The first-order valence-electron chi connectivity index (χ1n) is 14.1. The van der Waals surface area contributed by atoms with E-state index in [-0.39, 0.29) is 11.5 Å². The van der Waals surface area contributed by atoms with Gasteiger partial charge in [0, 0.05) is 43.9 Å². The highest BCUT2D eigenvalue weighted by molar-refractivity contribution is 7.18. The second-order valence-electron chi connectivity index (χ2n) is 10.6. The van der Waals surface area contributed by atoms with Crippen molar-refractivity contribution < 1.29 is 9.31 Å². The Morgan fingerprint density at radius 2 is 1.81 bits per heavy atom. The Morgan fingerprint density at radius 3 is 2.52 bits per heavy atom. The summed E-state index contributed by atoms with van der Waals surface area (Å²) in [6.07, 6.45) is 2.17. The molecule has 0 unspecified atom stereocenters. The molecule has 214 valence electrons. The van der Waals surface area contributed by atoms with E-state index in [1.165, 1.54) is 29.5 Å². The first-order valence-corrected chi connectivity index (χ1v) is 14.9. The van der Waals surface area contributed by atoms with Crippen LogP contribution in [0.1, 0.15) is 25.8 Å². The number of halogens is 1. The molecule has 5 aromatic rings. The number of likely N-dealkylation sites (N-methyl/N-ethyl adjacent to an activating group) is 1. The van der Waals surface area contributed by atoms with Gasteiger partial charge in [0.1, 0.15) is 11.6 Å². The molecule has 0 amide bonds. The molecule has 2 fully saturated rings.